The minimum atomic E-state index is -2.56. The lowest BCUT2D eigenvalue weighted by atomic mass is 9.47. The zero-order valence-corrected chi connectivity index (χ0v) is 60.9. The van der Waals surface area contributed by atoms with Crippen LogP contribution in [-0.2, 0) is 58.8 Å². The first-order valence-corrected chi connectivity index (χ1v) is 38.1. The number of aromatic nitrogens is 5. The van der Waals surface area contributed by atoms with Gasteiger partial charge in [-0.05, 0) is 113 Å². The van der Waals surface area contributed by atoms with Crippen molar-refractivity contribution >= 4 is 90.8 Å². The number of H-pyrrole nitrogens is 2. The highest BCUT2D eigenvalue weighted by molar-refractivity contribution is 8.76. The summed E-state index contributed by atoms with van der Waals surface area (Å²) in [6, 6.07) is 16.5. The van der Waals surface area contributed by atoms with Gasteiger partial charge in [0.05, 0.1) is 48.5 Å². The first-order chi connectivity index (χ1) is 49.7. The number of Topliss-reactive ketones (excluding diaryl/α,β-unsaturated/α-hetero) is 2. The third kappa shape index (κ3) is 14.1. The molecule has 10 N–H and O–H groups in total. The van der Waals surface area contributed by atoms with Gasteiger partial charge in [-0.15, -0.1) is 12.3 Å². The summed E-state index contributed by atoms with van der Waals surface area (Å²) in [5.74, 6) is -4.44. The summed E-state index contributed by atoms with van der Waals surface area (Å²) < 4.78 is 11.9. The summed E-state index contributed by atoms with van der Waals surface area (Å²) in [4.78, 5) is 132. The van der Waals surface area contributed by atoms with Gasteiger partial charge in [0.1, 0.15) is 24.3 Å². The Balaban J connectivity index is 0.650. The van der Waals surface area contributed by atoms with E-state index in [1.54, 1.807) is 44.5 Å². The molecule has 2 bridgehead atoms. The van der Waals surface area contributed by atoms with Crippen LogP contribution in [0.15, 0.2) is 83.8 Å². The van der Waals surface area contributed by atoms with Gasteiger partial charge in [-0.25, -0.2) is 25.2 Å². The SMILES string of the molecule is C#CC[C@H](NC(=O)CC[C@H](CC(=O)c1ccc(CCc2cnc3nc(C)[nH]c(=O)c3n2)cc1)C(=O)O)C(=O)C[C@H](CSSCCOC(=O)NNC(=O)[C@@]1(O)[C@H](O)[C@]2(CC)C=CCN3CC[C@@]4(c5cc([C@@]6(C)C[C@@H]7CN(CCc8c6[nH]c6ccccc86)C[C@](O)(CC)C7)c(OC)cc5N(C)[C@@H]14)[C@@H]32)C(=O)O. The standard InChI is InChI=1S/C76H91N11O15S2/c1-8-14-55(81-60(90)24-22-47(65(92)93)33-57(88)46-20-17-44(18-21-46)19-23-49-39-77-63-61(80-49)64(91)79-43(4)78-63)58(89)34-48(66(94)95)41-104-103-32-31-102-71(98)84-83-70(97)76(100)68-75(27-30-87-28-13-26-74(10-3,67(75)87)69(76)96)52-35-53(59(101-7)36-56(52)85(68)6)72(5)37-45-38-73(99,9-2)42-86(40-45)29-25-51-50-15-11-12-16-54(50)82-62(51)72/h1,11-13,15-18,20-21,26,35-36,39,45,47-48,55,67-69,82,96,99-100H,9-10,14,19,22-25,27-34,37-38,40-42H2,2-7H3,(H,81,90)(H,83,97)(H,84,98)(H,92,93)(H,94,95)(H,77,78,79,91)/t45-,47+,48+,55-,67-,68+,69+,72+,73-,74+,75+,76-/m0/s1. The van der Waals surface area contributed by atoms with Crippen molar-refractivity contribution in [2.24, 2.45) is 23.2 Å². The second-order valence-electron chi connectivity index (χ2n) is 29.2. The normalized spacial score (nSPS) is 26.8. The van der Waals surface area contributed by atoms with Crippen molar-refractivity contribution in [3.05, 3.63) is 134 Å². The number of carboxylic acid groups (broad SMARTS) is 2. The first kappa shape index (κ1) is 75.0. The third-order valence-corrected chi connectivity index (χ3v) is 25.4. The number of aliphatic hydroxyl groups is 3. The number of terminal acetylenes is 1. The molecular formula is C76H91N11O15S2. The van der Waals surface area contributed by atoms with Gasteiger partial charge in [0.2, 0.25) is 5.91 Å². The maximum atomic E-state index is 15.2. The summed E-state index contributed by atoms with van der Waals surface area (Å²) in [5, 5.41) is 62.5. The molecule has 0 radical (unpaired) electrons. The number of aliphatic carboxylic acids is 2. The number of likely N-dealkylation sites (N-methyl/N-ethyl adjacent to an activating group) is 1. The van der Waals surface area contributed by atoms with Crippen LogP contribution in [0.3, 0.4) is 0 Å². The van der Waals surface area contributed by atoms with Gasteiger partial charge in [-0.2, -0.15) is 0 Å². The Hall–Kier alpha value is -8.69. The molecule has 3 aromatic heterocycles. The van der Waals surface area contributed by atoms with Crippen molar-refractivity contribution in [3.63, 3.8) is 0 Å². The number of para-hydroxylation sites is 1. The number of aromatic amines is 2. The molecule has 6 aliphatic rings. The highest BCUT2D eigenvalue weighted by Gasteiger charge is 2.79. The van der Waals surface area contributed by atoms with Gasteiger partial charge < -0.3 is 55.2 Å². The second-order valence-corrected chi connectivity index (χ2v) is 31.8. The summed E-state index contributed by atoms with van der Waals surface area (Å²) >= 11 is 0. The predicted molar refractivity (Wildman–Crippen MR) is 392 cm³/mol. The van der Waals surface area contributed by atoms with Crippen molar-refractivity contribution in [3.8, 4) is 18.1 Å². The number of nitrogens with one attached hydrogen (secondary N) is 5. The maximum Gasteiger partial charge on any atom is 0.426 e. The molecule has 3 fully saturated rings. The van der Waals surface area contributed by atoms with Crippen LogP contribution in [0.25, 0.3) is 22.1 Å². The molecule has 28 heteroatoms. The van der Waals surface area contributed by atoms with Crippen molar-refractivity contribution in [2.75, 3.05) is 69.9 Å². The number of hydrazine groups is 1. The van der Waals surface area contributed by atoms with Gasteiger partial charge >= 0.3 is 18.0 Å². The van der Waals surface area contributed by atoms with E-state index in [1.165, 1.54) is 5.56 Å². The van der Waals surface area contributed by atoms with Crippen molar-refractivity contribution in [1.82, 2.24) is 50.9 Å². The van der Waals surface area contributed by atoms with Gasteiger partial charge in [0.25, 0.3) is 11.5 Å². The van der Waals surface area contributed by atoms with Crippen molar-refractivity contribution in [2.45, 2.75) is 157 Å². The molecule has 1 spiro atoms. The summed E-state index contributed by atoms with van der Waals surface area (Å²) in [5.41, 5.74) is 6.06. The molecule has 3 amide bonds. The van der Waals surface area contributed by atoms with Crippen LogP contribution >= 0.6 is 21.6 Å². The molecule has 1 aliphatic carbocycles. The molecule has 12 rings (SSSR count). The van der Waals surface area contributed by atoms with E-state index in [0.717, 1.165) is 80.1 Å². The van der Waals surface area contributed by atoms with E-state index in [9.17, 15) is 59.1 Å². The van der Waals surface area contributed by atoms with E-state index in [-0.39, 0.29) is 66.1 Å². The Bertz CT molecular complexity index is 4470. The van der Waals surface area contributed by atoms with E-state index < -0.39 is 117 Å². The monoisotopic (exact) mass is 1460 g/mol. The third-order valence-electron chi connectivity index (χ3n) is 22.9. The quantitative estimate of drug-likeness (QED) is 0.00677. The average molecular weight is 1460 g/mol. The average Bonchev–Trinajstić information content (AvgIpc) is 1.45. The number of anilines is 1. The van der Waals surface area contributed by atoms with E-state index in [2.05, 4.69) is 94.9 Å². The molecular weight excluding hydrogens is 1370 g/mol. The highest BCUT2D eigenvalue weighted by Crippen LogP contribution is 2.67. The van der Waals surface area contributed by atoms with Crippen LogP contribution in [0.4, 0.5) is 10.5 Å². The van der Waals surface area contributed by atoms with E-state index in [4.69, 9.17) is 15.9 Å². The van der Waals surface area contributed by atoms with Gasteiger partial charge in [-0.1, -0.05) is 90.1 Å². The Morgan fingerprint density at radius 2 is 1.67 bits per heavy atom. The summed E-state index contributed by atoms with van der Waals surface area (Å²) in [7, 11) is 5.73. The fourth-order valence-electron chi connectivity index (χ4n) is 18.0. The number of fused-ring (bicyclic) bond motifs is 7. The molecule has 8 heterocycles. The number of carbonyl (C=O) groups excluding carboxylic acids is 5. The highest BCUT2D eigenvalue weighted by atomic mass is 33.1. The van der Waals surface area contributed by atoms with Crippen LogP contribution in [0, 0.1) is 42.4 Å². The van der Waals surface area contributed by atoms with E-state index in [0.29, 0.717) is 81.8 Å². The topological polar surface area (TPSA) is 372 Å². The van der Waals surface area contributed by atoms with Crippen LogP contribution in [0.2, 0.25) is 0 Å². The molecule has 2 saturated heterocycles. The lowest BCUT2D eigenvalue weighted by molar-refractivity contribution is -0.204. The van der Waals surface area contributed by atoms with Gasteiger partial charge in [-0.3, -0.25) is 48.8 Å². The number of hydrogen-bond donors (Lipinski definition) is 10. The number of ketones is 2. The molecule has 3 aromatic carbocycles. The van der Waals surface area contributed by atoms with Crippen molar-refractivity contribution < 1.29 is 68.6 Å². The van der Waals surface area contributed by atoms with Crippen LogP contribution in [0.5, 0.6) is 5.75 Å². The number of ether oxygens (including phenoxy) is 2. The minimum Gasteiger partial charge on any atom is -0.496 e. The number of aliphatic hydroxyl groups excluding tert-OH is 1. The molecule has 13 atom stereocenters. The number of rotatable bonds is 27. The molecule has 104 heavy (non-hydrogen) atoms. The molecule has 6 aromatic rings. The van der Waals surface area contributed by atoms with E-state index in [1.807, 2.05) is 43.2 Å². The zero-order valence-electron chi connectivity index (χ0n) is 59.3. The predicted octanol–water partition coefficient (Wildman–Crippen LogP) is 6.28. The summed E-state index contributed by atoms with van der Waals surface area (Å²) in [6.07, 6.45) is 11.0. The van der Waals surface area contributed by atoms with Crippen LogP contribution in [-0.4, -0.2) is 202 Å². The number of carbonyl (C=O) groups is 7. The molecule has 1 saturated carbocycles. The van der Waals surface area contributed by atoms with Gasteiger partial charge in [0.15, 0.2) is 28.3 Å². The molecule has 26 nitrogen and oxygen atoms in total. The van der Waals surface area contributed by atoms with Crippen molar-refractivity contribution in [1.29, 1.82) is 0 Å². The molecule has 5 aliphatic heterocycles. The number of methoxy groups -OCH3 is 1. The lowest BCUT2D eigenvalue weighted by Crippen LogP contribution is -2.82. The Morgan fingerprint density at radius 3 is 2.40 bits per heavy atom. The molecule has 1 unspecified atom stereocenters. The number of carboxylic acids is 2. The minimum absolute atomic E-state index is 0.0830. The Labute approximate surface area is 610 Å². The van der Waals surface area contributed by atoms with Gasteiger partial charge in [0, 0.05) is 132 Å². The molecule has 552 valence electrons. The number of aryl methyl sites for hydroxylation is 3. The maximum absolute atomic E-state index is 15.2. The number of amides is 3. The number of benzene rings is 3. The van der Waals surface area contributed by atoms with Crippen LogP contribution in [0.1, 0.15) is 135 Å². The summed E-state index contributed by atoms with van der Waals surface area (Å²) in [6.45, 7) is 11.1. The number of nitrogens with zero attached hydrogens (tertiary/aromatic N) is 6. The zero-order chi connectivity index (χ0) is 74.2. The fraction of sp³-hybridized carbons (Fsp3) is 0.513. The van der Waals surface area contributed by atoms with Crippen LogP contribution < -0.4 is 31.4 Å². The second kappa shape index (κ2) is 30.4. The first-order valence-electron chi connectivity index (χ1n) is 35.6. The van der Waals surface area contributed by atoms with E-state index >= 15 is 4.79 Å². The largest absolute Gasteiger partial charge is 0.496 e. The Morgan fingerprint density at radius 1 is 0.904 bits per heavy atom. The smallest absolute Gasteiger partial charge is 0.426 e. The number of piperidine rings is 1. The Kier molecular flexibility index (Phi) is 21.9. The number of hydrogen-bond acceptors (Lipinski definition) is 21. The lowest BCUT2D eigenvalue weighted by Gasteiger charge is -2.63. The fourth-order valence-corrected chi connectivity index (χ4v) is 20.1.